The highest BCUT2D eigenvalue weighted by Crippen LogP contribution is 2.18. The molecular weight excluding hydrogens is 424 g/mol. The molecule has 0 heterocycles. The smallest absolute Gasteiger partial charge is 0.238 e. The summed E-state index contributed by atoms with van der Waals surface area (Å²) in [4.78, 5) is 8.53. The van der Waals surface area contributed by atoms with Crippen LogP contribution < -0.4 is 10.3 Å². The van der Waals surface area contributed by atoms with Crippen LogP contribution in [0.3, 0.4) is 0 Å². The second-order valence-electron chi connectivity index (χ2n) is 6.27. The average molecular weight is 443 g/mol. The molecule has 0 spiro atoms. The van der Waals surface area contributed by atoms with Crippen molar-refractivity contribution in [3.8, 4) is 0 Å². The summed E-state index contributed by atoms with van der Waals surface area (Å²) in [6, 6.07) is 19.3. The van der Waals surface area contributed by atoms with Crippen LogP contribution in [-0.2, 0) is 20.0 Å². The standard InChI is InChI=1S/C20H18N4O4S2/c21-29(25,26)19-8-2-6-17(11-19)23-13-15-4-1-5-16(10-15)14-24-18-7-3-9-20(12-18)30(22,27)28/h1-14H,(H2,21,25,26)(H2,22,27,28). The van der Waals surface area contributed by atoms with Crippen LogP contribution in [0.4, 0.5) is 11.4 Å². The van der Waals surface area contributed by atoms with Gasteiger partial charge in [0.25, 0.3) is 0 Å². The van der Waals surface area contributed by atoms with E-state index in [0.717, 1.165) is 11.1 Å². The molecule has 8 nitrogen and oxygen atoms in total. The highest BCUT2D eigenvalue weighted by Gasteiger charge is 2.08. The number of aliphatic imine (C=N–C) groups is 2. The molecule has 154 valence electrons. The van der Waals surface area contributed by atoms with Crippen molar-refractivity contribution in [1.29, 1.82) is 0 Å². The third-order valence-electron chi connectivity index (χ3n) is 3.93. The highest BCUT2D eigenvalue weighted by atomic mass is 32.2. The molecular formula is C20H18N4O4S2. The number of nitrogens with zero attached hydrogens (tertiary/aromatic N) is 2. The molecule has 0 aliphatic carbocycles. The fraction of sp³-hybridized carbons (Fsp3) is 0. The molecule has 3 aromatic carbocycles. The van der Waals surface area contributed by atoms with Crippen LogP contribution in [0.25, 0.3) is 0 Å². The zero-order chi connectivity index (χ0) is 21.8. The number of sulfonamides is 2. The quantitative estimate of drug-likeness (QED) is 0.565. The Balaban J connectivity index is 1.80. The number of nitrogens with two attached hydrogens (primary N) is 2. The van der Waals surface area contributed by atoms with Gasteiger partial charge in [-0.1, -0.05) is 30.3 Å². The van der Waals surface area contributed by atoms with E-state index < -0.39 is 20.0 Å². The molecule has 0 unspecified atom stereocenters. The van der Waals surface area contributed by atoms with Gasteiger partial charge < -0.3 is 0 Å². The summed E-state index contributed by atoms with van der Waals surface area (Å²) >= 11 is 0. The SMILES string of the molecule is NS(=O)(=O)c1cccc(N=Cc2cccc(C=Nc3cccc(S(N)(=O)=O)c3)c2)c1. The largest absolute Gasteiger partial charge is 0.256 e. The van der Waals surface area contributed by atoms with Gasteiger partial charge in [-0.15, -0.1) is 0 Å². The molecule has 0 atom stereocenters. The Kier molecular flexibility index (Phi) is 6.22. The van der Waals surface area contributed by atoms with E-state index in [1.165, 1.54) is 24.3 Å². The fourth-order valence-corrected chi connectivity index (χ4v) is 3.61. The highest BCUT2D eigenvalue weighted by molar-refractivity contribution is 7.89. The molecule has 3 rings (SSSR count). The first-order chi connectivity index (χ1) is 14.1. The Morgan fingerprint density at radius 2 is 1.00 bits per heavy atom. The van der Waals surface area contributed by atoms with Crippen molar-refractivity contribution in [3.05, 3.63) is 83.9 Å². The first-order valence-electron chi connectivity index (χ1n) is 8.55. The van der Waals surface area contributed by atoms with Crippen molar-refractivity contribution < 1.29 is 16.8 Å². The maximum absolute atomic E-state index is 11.4. The van der Waals surface area contributed by atoms with Gasteiger partial charge in [-0.3, -0.25) is 9.98 Å². The van der Waals surface area contributed by atoms with Gasteiger partial charge in [-0.2, -0.15) is 0 Å². The zero-order valence-electron chi connectivity index (χ0n) is 15.6. The second kappa shape index (κ2) is 8.67. The van der Waals surface area contributed by atoms with E-state index in [1.54, 1.807) is 36.7 Å². The van der Waals surface area contributed by atoms with Gasteiger partial charge in [0.2, 0.25) is 20.0 Å². The van der Waals surface area contributed by atoms with E-state index in [1.807, 2.05) is 24.3 Å². The molecule has 0 saturated carbocycles. The minimum absolute atomic E-state index is 0.0141. The van der Waals surface area contributed by atoms with Crippen LogP contribution in [0, 0.1) is 0 Å². The summed E-state index contributed by atoms with van der Waals surface area (Å²) in [5.41, 5.74) is 2.41. The van der Waals surface area contributed by atoms with Crippen LogP contribution in [0.15, 0.2) is 92.6 Å². The molecule has 0 bridgehead atoms. The van der Waals surface area contributed by atoms with Crippen molar-refractivity contribution in [2.24, 2.45) is 20.3 Å². The minimum atomic E-state index is -3.80. The Labute approximate surface area is 174 Å². The predicted molar refractivity (Wildman–Crippen MR) is 117 cm³/mol. The van der Waals surface area contributed by atoms with Crippen molar-refractivity contribution >= 4 is 43.9 Å². The summed E-state index contributed by atoms with van der Waals surface area (Å²) in [7, 11) is -7.60. The summed E-state index contributed by atoms with van der Waals surface area (Å²) in [6.07, 6.45) is 3.17. The third-order valence-corrected chi connectivity index (χ3v) is 5.75. The Bertz CT molecular complexity index is 1250. The number of primary sulfonamides is 2. The van der Waals surface area contributed by atoms with E-state index in [4.69, 9.17) is 10.3 Å². The molecule has 10 heteroatoms. The Hall–Kier alpha value is -3.18. The van der Waals surface area contributed by atoms with E-state index in [0.29, 0.717) is 11.4 Å². The molecule has 30 heavy (non-hydrogen) atoms. The first-order valence-corrected chi connectivity index (χ1v) is 11.6. The molecule has 0 aliphatic heterocycles. The number of rotatable bonds is 6. The summed E-state index contributed by atoms with van der Waals surface area (Å²) in [6.45, 7) is 0. The maximum Gasteiger partial charge on any atom is 0.238 e. The lowest BCUT2D eigenvalue weighted by molar-refractivity contribution is 0.596. The van der Waals surface area contributed by atoms with Crippen LogP contribution in [0.5, 0.6) is 0 Å². The molecule has 0 radical (unpaired) electrons. The van der Waals surface area contributed by atoms with Gasteiger partial charge in [0.15, 0.2) is 0 Å². The van der Waals surface area contributed by atoms with Gasteiger partial charge in [0.1, 0.15) is 0 Å². The average Bonchev–Trinajstić information content (AvgIpc) is 2.70. The Morgan fingerprint density at radius 1 is 0.600 bits per heavy atom. The summed E-state index contributed by atoms with van der Waals surface area (Å²) in [5.74, 6) is 0. The number of hydrogen-bond acceptors (Lipinski definition) is 6. The lowest BCUT2D eigenvalue weighted by atomic mass is 10.1. The maximum atomic E-state index is 11.4. The van der Waals surface area contributed by atoms with Gasteiger partial charge in [0, 0.05) is 12.4 Å². The lowest BCUT2D eigenvalue weighted by Crippen LogP contribution is -2.11. The molecule has 0 saturated heterocycles. The molecule has 3 aromatic rings. The molecule has 4 N–H and O–H groups in total. The normalized spacial score (nSPS) is 12.6. The summed E-state index contributed by atoms with van der Waals surface area (Å²) < 4.78 is 45.8. The lowest BCUT2D eigenvalue weighted by Gasteiger charge is -2.01. The monoisotopic (exact) mass is 442 g/mol. The van der Waals surface area contributed by atoms with Crippen LogP contribution in [0.2, 0.25) is 0 Å². The third kappa shape index (κ3) is 5.91. The molecule has 0 aromatic heterocycles. The fourth-order valence-electron chi connectivity index (χ4n) is 2.50. The van der Waals surface area contributed by atoms with Crippen LogP contribution in [-0.4, -0.2) is 29.3 Å². The predicted octanol–water partition coefficient (Wildman–Crippen LogP) is 2.48. The van der Waals surface area contributed by atoms with E-state index in [9.17, 15) is 16.8 Å². The van der Waals surface area contributed by atoms with Crippen molar-refractivity contribution in [1.82, 2.24) is 0 Å². The van der Waals surface area contributed by atoms with Gasteiger partial charge in [-0.05, 0) is 53.6 Å². The number of benzene rings is 3. The molecule has 0 fully saturated rings. The van der Waals surface area contributed by atoms with Gasteiger partial charge in [-0.25, -0.2) is 27.1 Å². The number of hydrogen-bond donors (Lipinski definition) is 2. The molecule has 0 amide bonds. The Morgan fingerprint density at radius 3 is 1.40 bits per heavy atom. The zero-order valence-corrected chi connectivity index (χ0v) is 17.2. The topological polar surface area (TPSA) is 145 Å². The van der Waals surface area contributed by atoms with Crippen molar-refractivity contribution in [2.45, 2.75) is 9.79 Å². The van der Waals surface area contributed by atoms with Crippen LogP contribution >= 0.6 is 0 Å². The van der Waals surface area contributed by atoms with Gasteiger partial charge >= 0.3 is 0 Å². The van der Waals surface area contributed by atoms with Gasteiger partial charge in [0.05, 0.1) is 21.2 Å². The molecule has 0 aliphatic rings. The summed E-state index contributed by atoms with van der Waals surface area (Å²) in [5, 5.41) is 10.3. The van der Waals surface area contributed by atoms with E-state index in [2.05, 4.69) is 9.98 Å². The minimum Gasteiger partial charge on any atom is -0.256 e. The van der Waals surface area contributed by atoms with Crippen LogP contribution in [0.1, 0.15) is 11.1 Å². The first kappa shape index (κ1) is 21.5. The van der Waals surface area contributed by atoms with Crippen molar-refractivity contribution in [2.75, 3.05) is 0 Å². The van der Waals surface area contributed by atoms with Crippen molar-refractivity contribution in [3.63, 3.8) is 0 Å². The van der Waals surface area contributed by atoms with E-state index >= 15 is 0 Å². The van der Waals surface area contributed by atoms with E-state index in [-0.39, 0.29) is 9.79 Å². The second-order valence-corrected chi connectivity index (χ2v) is 9.39.